The molecule has 2 aromatic rings. The van der Waals surface area contributed by atoms with Gasteiger partial charge in [-0.1, -0.05) is 50.3 Å². The van der Waals surface area contributed by atoms with E-state index in [1.54, 1.807) is 17.2 Å². The molecule has 5 rings (SSSR count). The predicted molar refractivity (Wildman–Crippen MR) is 143 cm³/mol. The van der Waals surface area contributed by atoms with Gasteiger partial charge in [-0.2, -0.15) is 0 Å². The Morgan fingerprint density at radius 2 is 1.76 bits per heavy atom. The molecule has 7 nitrogen and oxygen atoms in total. The number of hydrogen-bond acceptors (Lipinski definition) is 5. The number of likely N-dealkylation sites (tertiary alicyclic amines) is 1. The predicted octanol–water partition coefficient (Wildman–Crippen LogP) is 4.61. The van der Waals surface area contributed by atoms with Crippen LogP contribution in [0.4, 0.5) is 11.5 Å². The summed E-state index contributed by atoms with van der Waals surface area (Å²) in [6.45, 7) is 2.37. The molecule has 2 heterocycles. The molecule has 7 heteroatoms. The van der Waals surface area contributed by atoms with Gasteiger partial charge in [0.2, 0.25) is 11.8 Å². The number of β-lactam (4-membered cyclic amide) rings is 1. The summed E-state index contributed by atoms with van der Waals surface area (Å²) in [6, 6.07) is 12.2. The number of para-hydroxylation sites is 1. The molecule has 3 atom stereocenters. The van der Waals surface area contributed by atoms with Crippen LogP contribution in [0.1, 0.15) is 63.9 Å². The molecule has 1 saturated heterocycles. The molecule has 37 heavy (non-hydrogen) atoms. The highest BCUT2D eigenvalue weighted by Gasteiger charge is 2.55. The molecule has 2 saturated carbocycles. The van der Waals surface area contributed by atoms with Crippen molar-refractivity contribution in [3.05, 3.63) is 54.2 Å². The fourth-order valence-corrected chi connectivity index (χ4v) is 6.52. The molecule has 0 unspecified atom stereocenters. The molecule has 0 spiro atoms. The molecule has 3 amide bonds. The second-order valence-corrected chi connectivity index (χ2v) is 11.0. The van der Waals surface area contributed by atoms with Gasteiger partial charge in [0.25, 0.3) is 5.91 Å². The summed E-state index contributed by atoms with van der Waals surface area (Å²) in [4.78, 5) is 48.2. The number of carbonyl (C=O) groups is 3. The van der Waals surface area contributed by atoms with Crippen molar-refractivity contribution >= 4 is 29.2 Å². The summed E-state index contributed by atoms with van der Waals surface area (Å²) in [5.74, 6) is 0.624. The fourth-order valence-electron chi connectivity index (χ4n) is 6.52. The minimum Gasteiger partial charge on any atom is -0.384 e. The van der Waals surface area contributed by atoms with Crippen LogP contribution in [0.15, 0.2) is 48.7 Å². The molecule has 2 aliphatic carbocycles. The lowest BCUT2D eigenvalue weighted by Crippen LogP contribution is -2.69. The Kier molecular flexibility index (Phi) is 7.58. The van der Waals surface area contributed by atoms with E-state index in [1.807, 2.05) is 43.3 Å². The largest absolute Gasteiger partial charge is 0.384 e. The zero-order valence-electron chi connectivity index (χ0n) is 21.7. The van der Waals surface area contributed by atoms with Crippen molar-refractivity contribution in [1.82, 2.24) is 9.88 Å². The van der Waals surface area contributed by atoms with Gasteiger partial charge in [0, 0.05) is 24.8 Å². The second-order valence-electron chi connectivity index (χ2n) is 11.0. The molecule has 3 aliphatic rings. The Morgan fingerprint density at radius 1 is 1.05 bits per heavy atom. The molecule has 1 aromatic carbocycles. The van der Waals surface area contributed by atoms with Gasteiger partial charge < -0.3 is 10.6 Å². The van der Waals surface area contributed by atoms with Crippen LogP contribution >= 0.6 is 0 Å². The minimum absolute atomic E-state index is 0.180. The van der Waals surface area contributed by atoms with E-state index in [-0.39, 0.29) is 17.7 Å². The van der Waals surface area contributed by atoms with Crippen LogP contribution in [-0.4, -0.2) is 40.2 Å². The Morgan fingerprint density at radius 3 is 2.41 bits per heavy atom. The summed E-state index contributed by atoms with van der Waals surface area (Å²) in [7, 11) is 0. The molecule has 3 fully saturated rings. The molecule has 0 bridgehead atoms. The number of imide groups is 1. The number of nitrogens with two attached hydrogens (primary N) is 1. The van der Waals surface area contributed by atoms with Crippen molar-refractivity contribution < 1.29 is 14.4 Å². The van der Waals surface area contributed by atoms with Gasteiger partial charge in [0.1, 0.15) is 11.9 Å². The van der Waals surface area contributed by atoms with E-state index in [0.717, 1.165) is 11.3 Å². The molecule has 0 radical (unpaired) electrons. The SMILES string of the molecule is CCN(C(=O)[C@@H]1[C@@H](Cc2ccnc(N)c2)C(=O)N1C(=O)C[C@@H](C1CCCCC1)C1CC1)c1ccccc1. The summed E-state index contributed by atoms with van der Waals surface area (Å²) in [6.07, 6.45) is 10.8. The van der Waals surface area contributed by atoms with Gasteiger partial charge >= 0.3 is 0 Å². The number of benzene rings is 1. The van der Waals surface area contributed by atoms with E-state index in [9.17, 15) is 14.4 Å². The highest BCUT2D eigenvalue weighted by molar-refractivity contribution is 6.13. The van der Waals surface area contributed by atoms with E-state index in [2.05, 4.69) is 4.98 Å². The van der Waals surface area contributed by atoms with E-state index >= 15 is 0 Å². The summed E-state index contributed by atoms with van der Waals surface area (Å²) < 4.78 is 0. The van der Waals surface area contributed by atoms with E-state index < -0.39 is 12.0 Å². The first-order chi connectivity index (χ1) is 18.0. The highest BCUT2D eigenvalue weighted by Crippen LogP contribution is 2.47. The summed E-state index contributed by atoms with van der Waals surface area (Å²) in [5, 5.41) is 0. The van der Waals surface area contributed by atoms with Crippen LogP contribution in [0.5, 0.6) is 0 Å². The number of aromatic nitrogens is 1. The zero-order valence-corrected chi connectivity index (χ0v) is 21.7. The lowest BCUT2D eigenvalue weighted by molar-refractivity contribution is -0.171. The number of likely N-dealkylation sites (N-methyl/N-ethyl adjacent to an activating group) is 1. The van der Waals surface area contributed by atoms with Crippen molar-refractivity contribution in [1.29, 1.82) is 0 Å². The quantitative estimate of drug-likeness (QED) is 0.505. The number of carbonyl (C=O) groups excluding carboxylic acids is 3. The van der Waals surface area contributed by atoms with Crippen LogP contribution in [-0.2, 0) is 20.8 Å². The third-order valence-electron chi connectivity index (χ3n) is 8.58. The summed E-state index contributed by atoms with van der Waals surface area (Å²) in [5.41, 5.74) is 7.48. The van der Waals surface area contributed by atoms with Gasteiger partial charge in [-0.05, 0) is 73.8 Å². The Labute approximate surface area is 219 Å². The molecule has 1 aromatic heterocycles. The van der Waals surface area contributed by atoms with Crippen LogP contribution in [0.25, 0.3) is 0 Å². The first kappa shape index (κ1) is 25.4. The van der Waals surface area contributed by atoms with Gasteiger partial charge in [0.05, 0.1) is 5.92 Å². The highest BCUT2D eigenvalue weighted by atomic mass is 16.2. The van der Waals surface area contributed by atoms with Crippen molar-refractivity contribution in [3.8, 4) is 0 Å². The van der Waals surface area contributed by atoms with Crippen LogP contribution in [0.3, 0.4) is 0 Å². The number of nitrogen functional groups attached to an aromatic ring is 1. The van der Waals surface area contributed by atoms with Crippen molar-refractivity contribution in [3.63, 3.8) is 0 Å². The van der Waals surface area contributed by atoms with Crippen molar-refractivity contribution in [2.24, 2.45) is 23.7 Å². The Balaban J connectivity index is 1.39. The van der Waals surface area contributed by atoms with E-state index in [0.29, 0.717) is 43.0 Å². The topological polar surface area (TPSA) is 96.6 Å². The fraction of sp³-hybridized carbons (Fsp3) is 0.533. The molecule has 1 aliphatic heterocycles. The first-order valence-corrected chi connectivity index (χ1v) is 13.9. The lowest BCUT2D eigenvalue weighted by Gasteiger charge is -2.47. The average Bonchev–Trinajstić information content (AvgIpc) is 3.75. The van der Waals surface area contributed by atoms with E-state index in [4.69, 9.17) is 5.73 Å². The number of rotatable bonds is 9. The third kappa shape index (κ3) is 5.41. The van der Waals surface area contributed by atoms with Gasteiger partial charge in [-0.25, -0.2) is 4.98 Å². The molecular formula is C30H38N4O3. The third-order valence-corrected chi connectivity index (χ3v) is 8.58. The standard InChI is InChI=1S/C30H38N4O3/c1-2-33(23-11-7-4-8-12-23)30(37)28-25(17-20-15-16-32-26(31)18-20)29(36)34(28)27(35)19-24(22-13-14-22)21-9-5-3-6-10-21/h4,7-8,11-12,15-16,18,21-22,24-25,28H,2-3,5-6,9-10,13-14,17,19H2,1H3,(H2,31,32)/t24-,25+,28-/m0/s1. The van der Waals surface area contributed by atoms with Crippen molar-refractivity contribution in [2.45, 2.75) is 70.8 Å². The molecular weight excluding hydrogens is 464 g/mol. The first-order valence-electron chi connectivity index (χ1n) is 13.9. The molecule has 2 N–H and O–H groups in total. The van der Waals surface area contributed by atoms with Gasteiger partial charge in [0.15, 0.2) is 0 Å². The van der Waals surface area contributed by atoms with Crippen LogP contribution in [0, 0.1) is 23.7 Å². The molecule has 196 valence electrons. The second kappa shape index (κ2) is 11.0. The van der Waals surface area contributed by atoms with Crippen LogP contribution < -0.4 is 10.6 Å². The van der Waals surface area contributed by atoms with Gasteiger partial charge in [-0.15, -0.1) is 0 Å². The van der Waals surface area contributed by atoms with E-state index in [1.165, 1.54) is 49.8 Å². The monoisotopic (exact) mass is 502 g/mol. The van der Waals surface area contributed by atoms with Crippen LogP contribution in [0.2, 0.25) is 0 Å². The number of hydrogen-bond donors (Lipinski definition) is 1. The smallest absolute Gasteiger partial charge is 0.251 e. The number of amides is 3. The maximum Gasteiger partial charge on any atom is 0.251 e. The zero-order chi connectivity index (χ0) is 25.9. The lowest BCUT2D eigenvalue weighted by atomic mass is 9.75. The number of nitrogens with zero attached hydrogens (tertiary/aromatic N) is 3. The summed E-state index contributed by atoms with van der Waals surface area (Å²) >= 11 is 0. The minimum atomic E-state index is -0.805. The van der Waals surface area contributed by atoms with Crippen molar-refractivity contribution in [2.75, 3.05) is 17.2 Å². The maximum absolute atomic E-state index is 14.0. The Hall–Kier alpha value is -3.22. The number of anilines is 2. The number of pyridine rings is 1. The average molecular weight is 503 g/mol. The Bertz CT molecular complexity index is 1130. The normalized spacial score (nSPS) is 22.8. The maximum atomic E-state index is 14.0. The van der Waals surface area contributed by atoms with Gasteiger partial charge in [-0.3, -0.25) is 19.3 Å².